The van der Waals surface area contributed by atoms with Gasteiger partial charge in [-0.15, -0.1) is 0 Å². The first-order valence-corrected chi connectivity index (χ1v) is 6.85. The van der Waals surface area contributed by atoms with Gasteiger partial charge in [0, 0.05) is 15.4 Å². The number of nitrogens with one attached hydrogen (secondary N) is 1. The molecule has 1 aromatic heterocycles. The maximum Gasteiger partial charge on any atom is 0.260 e. The van der Waals surface area contributed by atoms with Gasteiger partial charge >= 0.3 is 0 Å². The van der Waals surface area contributed by atoms with E-state index < -0.39 is 0 Å². The van der Waals surface area contributed by atoms with Crippen LogP contribution in [0.4, 0.5) is 0 Å². The Morgan fingerprint density at radius 1 is 1.47 bits per heavy atom. The Labute approximate surface area is 113 Å². The number of rotatable bonds is 4. The zero-order valence-electron chi connectivity index (χ0n) is 9.61. The molecule has 0 fully saturated rings. The lowest BCUT2D eigenvalue weighted by Gasteiger charge is -2.15. The van der Waals surface area contributed by atoms with Gasteiger partial charge in [0.15, 0.2) is 0 Å². The summed E-state index contributed by atoms with van der Waals surface area (Å²) >= 11 is 5.03. The van der Waals surface area contributed by atoms with Gasteiger partial charge in [-0.25, -0.2) is 4.98 Å². The van der Waals surface area contributed by atoms with Gasteiger partial charge in [-0.1, -0.05) is 15.9 Å². The molecule has 2 aromatic rings. The predicted molar refractivity (Wildman–Crippen MR) is 72.2 cm³/mol. The van der Waals surface area contributed by atoms with Gasteiger partial charge in [-0.3, -0.25) is 0 Å². The molecule has 1 unspecified atom stereocenters. The number of nitrogens with zero attached hydrogens (tertiary/aromatic N) is 1. The van der Waals surface area contributed by atoms with Crippen molar-refractivity contribution in [3.05, 3.63) is 40.7 Å². The number of halogens is 1. The van der Waals surface area contributed by atoms with E-state index in [0.717, 1.165) is 9.37 Å². The average molecular weight is 313 g/mol. The van der Waals surface area contributed by atoms with Crippen molar-refractivity contribution in [2.45, 2.75) is 23.1 Å². The first-order chi connectivity index (χ1) is 8.20. The van der Waals surface area contributed by atoms with Crippen LogP contribution in [0.15, 0.2) is 49.7 Å². The predicted octanol–water partition coefficient (Wildman–Crippen LogP) is 3.87. The number of aromatic nitrogens is 1. The summed E-state index contributed by atoms with van der Waals surface area (Å²) < 4.78 is 6.33. The van der Waals surface area contributed by atoms with Crippen LogP contribution in [0, 0.1) is 0 Å². The summed E-state index contributed by atoms with van der Waals surface area (Å²) in [6.45, 7) is 2.13. The maximum atomic E-state index is 5.26. The summed E-state index contributed by atoms with van der Waals surface area (Å²) in [5, 5.41) is 3.91. The molecule has 0 saturated carbocycles. The van der Waals surface area contributed by atoms with Gasteiger partial charge in [-0.2, -0.15) is 0 Å². The normalized spacial score (nSPS) is 12.6. The van der Waals surface area contributed by atoms with Gasteiger partial charge < -0.3 is 9.73 Å². The highest BCUT2D eigenvalue weighted by atomic mass is 79.9. The maximum absolute atomic E-state index is 5.26. The third-order valence-electron chi connectivity index (χ3n) is 2.48. The van der Waals surface area contributed by atoms with Crippen LogP contribution in [0.3, 0.4) is 0 Å². The highest BCUT2D eigenvalue weighted by molar-refractivity contribution is 9.10. The van der Waals surface area contributed by atoms with Crippen LogP contribution in [-0.4, -0.2) is 12.0 Å². The molecule has 0 amide bonds. The molecule has 1 heterocycles. The summed E-state index contributed by atoms with van der Waals surface area (Å²) in [4.78, 5) is 5.27. The van der Waals surface area contributed by atoms with E-state index in [-0.39, 0.29) is 6.04 Å². The summed E-state index contributed by atoms with van der Waals surface area (Å²) in [5.74, 6) is 0. The molecule has 0 saturated heterocycles. The molecule has 5 heteroatoms. The smallest absolute Gasteiger partial charge is 0.260 e. The van der Waals surface area contributed by atoms with Crippen LogP contribution in [0.1, 0.15) is 18.5 Å². The molecule has 1 aromatic carbocycles. The molecule has 0 aliphatic carbocycles. The minimum absolute atomic E-state index is 0.282. The van der Waals surface area contributed by atoms with Crippen molar-refractivity contribution in [2.24, 2.45) is 0 Å². The molecule has 0 aliphatic heterocycles. The number of benzene rings is 1. The summed E-state index contributed by atoms with van der Waals surface area (Å²) in [6, 6.07) is 6.50. The van der Waals surface area contributed by atoms with Crippen LogP contribution >= 0.6 is 27.7 Å². The third-order valence-corrected chi connectivity index (χ3v) is 3.94. The van der Waals surface area contributed by atoms with E-state index in [4.69, 9.17) is 4.42 Å². The molecule has 0 bridgehead atoms. The summed E-state index contributed by atoms with van der Waals surface area (Å²) in [6.07, 6.45) is 3.24. The monoisotopic (exact) mass is 312 g/mol. The Morgan fingerprint density at radius 3 is 2.94 bits per heavy atom. The van der Waals surface area contributed by atoms with E-state index in [1.165, 1.54) is 17.3 Å². The SMILES string of the molecule is CNC(C)c1cc(Br)ccc1Sc1ncco1. The van der Waals surface area contributed by atoms with E-state index >= 15 is 0 Å². The zero-order valence-corrected chi connectivity index (χ0v) is 12.0. The van der Waals surface area contributed by atoms with E-state index in [1.807, 2.05) is 13.1 Å². The van der Waals surface area contributed by atoms with E-state index in [0.29, 0.717) is 5.22 Å². The fourth-order valence-electron chi connectivity index (χ4n) is 1.46. The highest BCUT2D eigenvalue weighted by Crippen LogP contribution is 2.34. The van der Waals surface area contributed by atoms with Crippen LogP contribution in [-0.2, 0) is 0 Å². The average Bonchev–Trinajstić information content (AvgIpc) is 2.83. The van der Waals surface area contributed by atoms with Crippen molar-refractivity contribution in [1.29, 1.82) is 0 Å². The van der Waals surface area contributed by atoms with Gasteiger partial charge in [0.2, 0.25) is 0 Å². The van der Waals surface area contributed by atoms with Gasteiger partial charge in [0.05, 0.1) is 6.20 Å². The minimum atomic E-state index is 0.282. The molecule has 1 N–H and O–H groups in total. The number of hydrogen-bond acceptors (Lipinski definition) is 4. The molecule has 17 heavy (non-hydrogen) atoms. The molecular formula is C12H13BrN2OS. The lowest BCUT2D eigenvalue weighted by atomic mass is 10.1. The lowest BCUT2D eigenvalue weighted by molar-refractivity contribution is 0.454. The Balaban J connectivity index is 2.32. The van der Waals surface area contributed by atoms with Gasteiger partial charge in [0.1, 0.15) is 6.26 Å². The molecule has 90 valence electrons. The fourth-order valence-corrected chi connectivity index (χ4v) is 2.73. The molecule has 0 spiro atoms. The van der Waals surface area contributed by atoms with Gasteiger partial charge in [0.25, 0.3) is 5.22 Å². The Bertz CT molecular complexity index is 487. The Hall–Kier alpha value is -0.780. The standard InChI is InChI=1S/C12H13BrN2OS/c1-8(14-2)10-7-9(13)3-4-11(10)17-12-15-5-6-16-12/h3-8,14H,1-2H3. The van der Waals surface area contributed by atoms with Crippen molar-refractivity contribution in [3.8, 4) is 0 Å². The zero-order chi connectivity index (χ0) is 12.3. The second-order valence-corrected chi connectivity index (χ2v) is 5.50. The van der Waals surface area contributed by atoms with Crippen molar-refractivity contribution < 1.29 is 4.42 Å². The van der Waals surface area contributed by atoms with Crippen LogP contribution in [0.25, 0.3) is 0 Å². The van der Waals surface area contributed by atoms with Crippen molar-refractivity contribution in [1.82, 2.24) is 10.3 Å². The molecule has 0 aliphatic rings. The van der Waals surface area contributed by atoms with Crippen molar-refractivity contribution in [2.75, 3.05) is 7.05 Å². The molecule has 0 radical (unpaired) electrons. The lowest BCUT2D eigenvalue weighted by Crippen LogP contribution is -2.13. The minimum Gasteiger partial charge on any atom is -0.440 e. The first-order valence-electron chi connectivity index (χ1n) is 5.24. The van der Waals surface area contributed by atoms with Gasteiger partial charge in [-0.05, 0) is 49.5 Å². The summed E-state index contributed by atoms with van der Waals surface area (Å²) in [5.41, 5.74) is 1.23. The Kier molecular flexibility index (Phi) is 4.25. The Morgan fingerprint density at radius 2 is 2.29 bits per heavy atom. The van der Waals surface area contributed by atoms with Crippen molar-refractivity contribution >= 4 is 27.7 Å². The molecule has 3 nitrogen and oxygen atoms in total. The van der Waals surface area contributed by atoms with E-state index in [1.54, 1.807) is 12.5 Å². The van der Waals surface area contributed by atoms with E-state index in [9.17, 15) is 0 Å². The molecular weight excluding hydrogens is 300 g/mol. The van der Waals surface area contributed by atoms with Crippen molar-refractivity contribution in [3.63, 3.8) is 0 Å². The fraction of sp³-hybridized carbons (Fsp3) is 0.250. The molecule has 2 rings (SSSR count). The topological polar surface area (TPSA) is 38.1 Å². The second kappa shape index (κ2) is 5.71. The number of oxazole rings is 1. The first kappa shape index (κ1) is 12.7. The quantitative estimate of drug-likeness (QED) is 0.930. The summed E-state index contributed by atoms with van der Waals surface area (Å²) in [7, 11) is 1.95. The molecule has 1 atom stereocenters. The third kappa shape index (κ3) is 3.12. The second-order valence-electron chi connectivity index (χ2n) is 3.59. The van der Waals surface area contributed by atoms with Crippen LogP contribution in [0.2, 0.25) is 0 Å². The number of hydrogen-bond donors (Lipinski definition) is 1. The van der Waals surface area contributed by atoms with Crippen LogP contribution < -0.4 is 5.32 Å². The highest BCUT2D eigenvalue weighted by Gasteiger charge is 2.12. The van der Waals surface area contributed by atoms with Crippen LogP contribution in [0.5, 0.6) is 0 Å². The largest absolute Gasteiger partial charge is 0.440 e. The van der Waals surface area contributed by atoms with E-state index in [2.05, 4.69) is 45.3 Å².